The van der Waals surface area contributed by atoms with E-state index in [2.05, 4.69) is 145 Å². The Bertz CT molecular complexity index is 8570. The van der Waals surface area contributed by atoms with Crippen LogP contribution in [0.3, 0.4) is 0 Å². The fraction of sp³-hybridized carbons (Fsp3) is 0.265. The van der Waals surface area contributed by atoms with E-state index in [1.807, 2.05) is 156 Å². The third-order valence-electron chi connectivity index (χ3n) is 26.3. The van der Waals surface area contributed by atoms with Gasteiger partial charge < -0.3 is 75.1 Å². The smallest absolute Gasteiger partial charge is 0.262 e. The first-order chi connectivity index (χ1) is 72.3. The highest BCUT2D eigenvalue weighted by Gasteiger charge is 2.26. The molecule has 0 saturated heterocycles. The summed E-state index contributed by atoms with van der Waals surface area (Å²) in [5.74, 6) is 1.18. The number of nitrogens with one attached hydrogen (secondary N) is 11. The summed E-state index contributed by atoms with van der Waals surface area (Å²) in [7, 11) is 3.56. The van der Waals surface area contributed by atoms with Gasteiger partial charge in [-0.2, -0.15) is 61.4 Å². The van der Waals surface area contributed by atoms with E-state index in [1.54, 1.807) is 67.3 Å². The minimum absolute atomic E-state index is 0.0147. The molecule has 0 bridgehead atoms. The van der Waals surface area contributed by atoms with Gasteiger partial charge in [0, 0.05) is 153 Å². The van der Waals surface area contributed by atoms with Gasteiger partial charge in [-0.25, -0.2) is 4.98 Å². The molecule has 46 nitrogen and oxygen atoms in total. The molecular weight excluding hydrogens is 1890 g/mol. The third kappa shape index (κ3) is 19.1. The lowest BCUT2D eigenvalue weighted by Gasteiger charge is -2.12. The van der Waals surface area contributed by atoms with Crippen LogP contribution in [0.4, 0.5) is 0 Å². The number of benzene rings is 6. The van der Waals surface area contributed by atoms with Crippen molar-refractivity contribution in [1.82, 2.24) is 160 Å². The molecule has 0 saturated carbocycles. The molecule has 0 fully saturated rings. The molecule has 18 heterocycles. The molecule has 0 atom stereocenters. The lowest BCUT2D eigenvalue weighted by atomic mass is 10.0. The molecule has 21 N–H and O–H groups in total. The van der Waals surface area contributed by atoms with E-state index >= 15 is 0 Å². The second-order valence-corrected chi connectivity index (χ2v) is 35.7. The van der Waals surface area contributed by atoms with Crippen molar-refractivity contribution >= 4 is 131 Å². The van der Waals surface area contributed by atoms with Crippen molar-refractivity contribution in [2.24, 2.45) is 28.7 Å². The summed E-state index contributed by atoms with van der Waals surface area (Å²) in [5, 5.41) is 98.3. The Morgan fingerprint density at radius 2 is 0.764 bits per heavy atom. The van der Waals surface area contributed by atoms with Crippen LogP contribution in [-0.2, 0) is 50.4 Å². The molecule has 0 spiro atoms. The highest BCUT2D eigenvalue weighted by molar-refractivity contribution is 6.11. The zero-order chi connectivity index (χ0) is 103. The summed E-state index contributed by atoms with van der Waals surface area (Å²) >= 11 is 0. The summed E-state index contributed by atoms with van der Waals surface area (Å²) in [4.78, 5) is 81.9. The molecule has 0 unspecified atom stereocenters. The zero-order valence-electron chi connectivity index (χ0n) is 82.2. The molecule has 46 heteroatoms. The van der Waals surface area contributed by atoms with Crippen molar-refractivity contribution in [2.45, 2.75) is 119 Å². The van der Waals surface area contributed by atoms with Crippen LogP contribution in [0.25, 0.3) is 198 Å². The zero-order valence-corrected chi connectivity index (χ0v) is 82.2. The van der Waals surface area contributed by atoms with E-state index < -0.39 is 0 Å². The molecule has 0 aliphatic heterocycles. The Balaban J connectivity index is 0.000000112. The first-order valence-corrected chi connectivity index (χ1v) is 48.4. The van der Waals surface area contributed by atoms with Crippen molar-refractivity contribution in [1.29, 1.82) is 0 Å². The summed E-state index contributed by atoms with van der Waals surface area (Å²) in [6.45, 7) is 16.9. The molecule has 0 amide bonds. The highest BCUT2D eigenvalue weighted by Crippen LogP contribution is 2.37. The second kappa shape index (κ2) is 43.8. The molecule has 0 aliphatic rings. The Kier molecular flexibility index (Phi) is 29.3. The Morgan fingerprint density at radius 3 is 1.14 bits per heavy atom. The van der Waals surface area contributed by atoms with E-state index in [9.17, 15) is 28.8 Å². The van der Waals surface area contributed by atoms with Gasteiger partial charge in [0.05, 0.1) is 109 Å². The normalized spacial score (nSPS) is 11.6. The minimum atomic E-state index is -0.0514. The van der Waals surface area contributed by atoms with E-state index in [1.165, 1.54) is 6.33 Å². The molecular formula is C102H109N37O9. The van der Waals surface area contributed by atoms with Crippen LogP contribution in [-0.4, -0.2) is 215 Å². The maximum absolute atomic E-state index is 13.2. The van der Waals surface area contributed by atoms with Crippen molar-refractivity contribution in [3.05, 3.63) is 261 Å². The summed E-state index contributed by atoms with van der Waals surface area (Å²) in [5.41, 5.74) is 51.2. The average molecular weight is 2000 g/mol. The number of fused-ring (bicyclic) bond motifs is 18. The number of nitrogens with two attached hydrogens (primary N) is 5. The molecule has 0 aliphatic carbocycles. The summed E-state index contributed by atoms with van der Waals surface area (Å²) in [6, 6.07) is 37.4. The van der Waals surface area contributed by atoms with Crippen molar-refractivity contribution in [3.8, 4) is 67.4 Å². The van der Waals surface area contributed by atoms with Crippen LogP contribution in [0.1, 0.15) is 72.7 Å². The lowest BCUT2D eigenvalue weighted by Crippen LogP contribution is -2.23. The van der Waals surface area contributed by atoms with E-state index in [0.717, 1.165) is 206 Å². The van der Waals surface area contributed by atoms with Crippen LogP contribution in [0.2, 0.25) is 0 Å². The number of ether oxygens (including phenoxy) is 1. The third-order valence-corrected chi connectivity index (χ3v) is 26.3. The van der Waals surface area contributed by atoms with Crippen molar-refractivity contribution in [2.75, 3.05) is 60.0 Å². The van der Waals surface area contributed by atoms with Crippen molar-refractivity contribution < 1.29 is 13.7 Å². The number of rotatable bonds is 28. The average Bonchev–Trinajstić information content (AvgIpc) is 1.68. The van der Waals surface area contributed by atoms with Gasteiger partial charge in [-0.15, -0.1) is 10.2 Å². The largest absolute Gasteiger partial charge is 0.472 e. The maximum Gasteiger partial charge on any atom is 0.262 e. The van der Waals surface area contributed by atoms with E-state index in [0.29, 0.717) is 157 Å². The predicted octanol–water partition coefficient (Wildman–Crippen LogP) is 10.4. The van der Waals surface area contributed by atoms with Gasteiger partial charge in [0.2, 0.25) is 5.82 Å². The SMILES string of the molecule is CNCCCn1c(=O)c2c(C)[nH]nc2c2cc(-c3ccoc3)ccc21.COCCc1[nH]nc2c1c(=O)n(CCCN)c1ccc(-c3cn[nH]c3)cc21.Cc1[nH]nc2c1c(=O)n(CCCN)c1ccc(-c3cn[nH]n3)cc21.Cc1[nH]nc2c1c(=O)n(CCCN)c1ccc(-c3cnoc3)cc21.Cc1[nH]nc2c1c(=O)n(CCCN)c1ccc(-c3ncn[nH]3)cc21.Cc1[nH]nc2c1c(=O)n(CCCN)c1ccc(-c3nn[nH]n3)cc21. The second-order valence-electron chi connectivity index (χ2n) is 35.7. The van der Waals surface area contributed by atoms with Crippen LogP contribution < -0.4 is 67.3 Å². The quantitative estimate of drug-likeness (QED) is 0.0203. The Morgan fingerprint density at radius 1 is 0.372 bits per heavy atom. The minimum Gasteiger partial charge on any atom is -0.472 e. The van der Waals surface area contributed by atoms with Gasteiger partial charge in [0.15, 0.2) is 5.82 Å². The predicted molar refractivity (Wildman–Crippen MR) is 568 cm³/mol. The van der Waals surface area contributed by atoms with Gasteiger partial charge in [-0.3, -0.25) is 69.6 Å². The Labute approximate surface area is 837 Å². The molecule has 24 aromatic rings. The van der Waals surface area contributed by atoms with Crippen molar-refractivity contribution in [3.63, 3.8) is 0 Å². The number of H-pyrrole nitrogens is 10. The number of aryl methyl sites for hydroxylation is 11. The molecule has 18 aromatic heterocycles. The molecule has 756 valence electrons. The molecule has 148 heavy (non-hydrogen) atoms. The number of hydrogen-bond donors (Lipinski definition) is 16. The topological polar surface area (TPSA) is 661 Å². The number of nitrogens with zero attached hydrogens (tertiary/aromatic N) is 21. The summed E-state index contributed by atoms with van der Waals surface area (Å²) in [6.07, 6.45) is 18.6. The number of pyridine rings is 6. The first kappa shape index (κ1) is 98.9. The number of hydrogen-bond acceptors (Lipinski definition) is 30. The number of methoxy groups -OCH3 is 1. The molecule has 0 radical (unpaired) electrons. The Hall–Kier alpha value is -17.8. The van der Waals surface area contributed by atoms with Gasteiger partial charge >= 0.3 is 0 Å². The van der Waals surface area contributed by atoms with Gasteiger partial charge in [-0.1, -0.05) is 29.4 Å². The molecule has 6 aromatic carbocycles. The lowest BCUT2D eigenvalue weighted by molar-refractivity contribution is 0.201. The fourth-order valence-corrected chi connectivity index (χ4v) is 19.0. The van der Waals surface area contributed by atoms with Gasteiger partial charge in [0.1, 0.15) is 51.4 Å². The standard InChI is InChI=1S/C19H22N6O2.C19H20N4O2.C17H17N5O2.2C16H17N7O.C15H16N8O/c1-27-8-5-15-17-18(24-23-15)14-9-12(13-10-21-22-11-13)3-4-16(14)25(19(17)26)7-2-6-20;1-12-17-18(22-21-12)15-10-13(14-6-9-25-11-14)4-5-16(15)23(19(17)24)8-3-7-20-2;1-10-15-16(21-20-10)13-7-11(12-8-19-24-9-12)3-4-14(13)22(17(15)23)6-2-5-18;1-9-14-15(21-19-9)11-7-10(12-8-18-22-20-12)3-4-13(11)23(16(14)24)6-2-5-17;1-9-13-14(21-20-9)11-7-10(15-18-8-19-22-15)3-4-12(11)23(16(13)24)6-2-5-17;1-8-12-13(18-17-8)10-7-9(14-19-21-22-20-14)3-4-11(10)23(15(12)24)6-2-5-16/h3-4,9-11H,2,5-8,20H2,1H3,(H,21,22)(H,23,24);4-6,9-11,20H,3,7-8H2,1-2H3,(H,21,22);3-4,7-9H,2,5-6,18H2,1H3,(H,20,21);3-4,7-8H,2,5-6,17H2,1H3,(H,19,21)(H,18,20,22);3-4,7-8H,2,5-6,17H2,1H3,(H,20,21)(H,18,19,22);3-4,7H,2,5-6,16H2,1H3,(H,17,18)(H,19,20,21,22). The van der Waals surface area contributed by atoms with Crippen LogP contribution in [0.15, 0.2) is 203 Å². The number of aromatic nitrogens is 31. The van der Waals surface area contributed by atoms with E-state index in [-0.39, 0.29) is 33.4 Å². The number of aromatic amines is 10. The molecule has 24 rings (SSSR count). The van der Waals surface area contributed by atoms with Crippen LogP contribution >= 0.6 is 0 Å². The first-order valence-electron chi connectivity index (χ1n) is 48.4. The number of furan rings is 1. The highest BCUT2D eigenvalue weighted by atomic mass is 16.5. The van der Waals surface area contributed by atoms with Crippen LogP contribution in [0, 0.1) is 34.6 Å². The summed E-state index contributed by atoms with van der Waals surface area (Å²) < 4.78 is 26.0. The maximum atomic E-state index is 13.2. The number of tetrazole rings is 1. The van der Waals surface area contributed by atoms with Crippen LogP contribution in [0.5, 0.6) is 0 Å². The monoisotopic (exact) mass is 2000 g/mol. The van der Waals surface area contributed by atoms with Gasteiger partial charge in [-0.05, 0) is 232 Å². The van der Waals surface area contributed by atoms with E-state index in [4.69, 9.17) is 42.3 Å². The van der Waals surface area contributed by atoms with Gasteiger partial charge in [0.25, 0.3) is 33.4 Å². The fourth-order valence-electron chi connectivity index (χ4n) is 19.0.